The zero-order chi connectivity index (χ0) is 20.1. The SMILES string of the molecule is COC(=O)c1cnc(NCC2(c3ccccc3Cl)CCOCC2)c([N+](=O)[O-])c1. The number of esters is 1. The van der Waals surface area contributed by atoms with Crippen molar-refractivity contribution in [3.63, 3.8) is 0 Å². The lowest BCUT2D eigenvalue weighted by Crippen LogP contribution is -2.40. The Balaban J connectivity index is 1.91. The van der Waals surface area contributed by atoms with Gasteiger partial charge < -0.3 is 14.8 Å². The number of carbonyl (C=O) groups is 1. The molecule has 3 rings (SSSR count). The molecule has 8 nitrogen and oxygen atoms in total. The zero-order valence-corrected chi connectivity index (χ0v) is 16.1. The van der Waals surface area contributed by atoms with E-state index < -0.39 is 10.9 Å². The minimum atomic E-state index is -0.681. The molecule has 0 spiro atoms. The normalized spacial score (nSPS) is 15.6. The van der Waals surface area contributed by atoms with Gasteiger partial charge in [0.05, 0.1) is 17.6 Å². The van der Waals surface area contributed by atoms with E-state index in [0.717, 1.165) is 24.5 Å². The highest BCUT2D eigenvalue weighted by atomic mass is 35.5. The van der Waals surface area contributed by atoms with E-state index in [1.54, 1.807) is 0 Å². The second-order valence-corrected chi connectivity index (χ2v) is 6.97. The van der Waals surface area contributed by atoms with Crippen molar-refractivity contribution in [3.8, 4) is 0 Å². The smallest absolute Gasteiger partial charge is 0.339 e. The van der Waals surface area contributed by atoms with Crippen LogP contribution in [0, 0.1) is 10.1 Å². The average Bonchev–Trinajstić information content (AvgIpc) is 2.72. The van der Waals surface area contributed by atoms with Crippen LogP contribution in [0.4, 0.5) is 11.5 Å². The second kappa shape index (κ2) is 8.53. The number of hydrogen-bond acceptors (Lipinski definition) is 7. The Kier molecular flexibility index (Phi) is 6.11. The lowest BCUT2D eigenvalue weighted by molar-refractivity contribution is -0.384. The van der Waals surface area contributed by atoms with E-state index in [0.29, 0.717) is 24.8 Å². The Morgan fingerprint density at radius 1 is 1.39 bits per heavy atom. The highest BCUT2D eigenvalue weighted by Crippen LogP contribution is 2.39. The van der Waals surface area contributed by atoms with E-state index in [2.05, 4.69) is 15.0 Å². The predicted octanol–water partition coefficient (Wildman–Crippen LogP) is 3.59. The van der Waals surface area contributed by atoms with Crippen LogP contribution in [0.25, 0.3) is 0 Å². The number of nitro groups is 1. The highest BCUT2D eigenvalue weighted by molar-refractivity contribution is 6.31. The topological polar surface area (TPSA) is 104 Å². The molecule has 1 aliphatic rings. The third-order valence-electron chi connectivity index (χ3n) is 4.97. The molecule has 1 aromatic carbocycles. The summed E-state index contributed by atoms with van der Waals surface area (Å²) < 4.78 is 10.1. The third-order valence-corrected chi connectivity index (χ3v) is 5.30. The van der Waals surface area contributed by atoms with E-state index >= 15 is 0 Å². The molecule has 1 aliphatic heterocycles. The summed E-state index contributed by atoms with van der Waals surface area (Å²) in [5, 5.41) is 15.2. The van der Waals surface area contributed by atoms with Crippen molar-refractivity contribution >= 4 is 29.1 Å². The van der Waals surface area contributed by atoms with Crippen LogP contribution in [0.2, 0.25) is 5.02 Å². The van der Waals surface area contributed by atoms with Gasteiger partial charge in [0.15, 0.2) is 0 Å². The molecule has 0 atom stereocenters. The van der Waals surface area contributed by atoms with E-state index in [-0.39, 0.29) is 22.5 Å². The van der Waals surface area contributed by atoms with Gasteiger partial charge in [-0.2, -0.15) is 0 Å². The van der Waals surface area contributed by atoms with E-state index in [1.807, 2.05) is 24.3 Å². The molecule has 0 unspecified atom stereocenters. The maximum absolute atomic E-state index is 11.6. The number of methoxy groups -OCH3 is 1. The number of rotatable bonds is 6. The number of pyridine rings is 1. The predicted molar refractivity (Wildman–Crippen MR) is 104 cm³/mol. The van der Waals surface area contributed by atoms with E-state index in [4.69, 9.17) is 16.3 Å². The van der Waals surface area contributed by atoms with Gasteiger partial charge in [0, 0.05) is 42.5 Å². The summed E-state index contributed by atoms with van der Waals surface area (Å²) in [4.78, 5) is 26.6. The standard InChI is InChI=1S/C19H20ClN3O5/c1-27-18(24)13-10-16(23(25)26)17(21-11-13)22-12-19(6-8-28-9-7-19)14-4-2-3-5-15(14)20/h2-5,10-11H,6-9,12H2,1H3,(H,21,22). The number of nitrogens with zero attached hydrogens (tertiary/aromatic N) is 2. The monoisotopic (exact) mass is 405 g/mol. The number of ether oxygens (including phenoxy) is 2. The molecule has 148 valence electrons. The van der Waals surface area contributed by atoms with E-state index in [1.165, 1.54) is 13.3 Å². The first-order valence-corrected chi connectivity index (χ1v) is 9.14. The van der Waals surface area contributed by atoms with Crippen LogP contribution in [-0.2, 0) is 14.9 Å². The van der Waals surface area contributed by atoms with Gasteiger partial charge in [-0.05, 0) is 24.5 Å². The molecule has 1 N–H and O–H groups in total. The summed E-state index contributed by atoms with van der Waals surface area (Å²) in [7, 11) is 1.21. The average molecular weight is 406 g/mol. The van der Waals surface area contributed by atoms with Crippen LogP contribution in [0.5, 0.6) is 0 Å². The third kappa shape index (κ3) is 4.07. The number of halogens is 1. The number of benzene rings is 1. The first-order chi connectivity index (χ1) is 13.5. The quantitative estimate of drug-likeness (QED) is 0.445. The summed E-state index contributed by atoms with van der Waals surface area (Å²) >= 11 is 6.44. The molecule has 0 radical (unpaired) electrons. The van der Waals surface area contributed by atoms with Gasteiger partial charge in [0.1, 0.15) is 0 Å². The zero-order valence-electron chi connectivity index (χ0n) is 15.3. The molecule has 0 amide bonds. The number of anilines is 1. The van der Waals surface area contributed by atoms with Crippen LogP contribution in [0.3, 0.4) is 0 Å². The van der Waals surface area contributed by atoms with Crippen molar-refractivity contribution < 1.29 is 19.2 Å². The Bertz CT molecular complexity index is 884. The second-order valence-electron chi connectivity index (χ2n) is 6.57. The Labute approximate surface area is 167 Å². The molecule has 1 fully saturated rings. The van der Waals surface area contributed by atoms with Gasteiger partial charge in [-0.15, -0.1) is 0 Å². The van der Waals surface area contributed by atoms with Crippen LogP contribution in [0.1, 0.15) is 28.8 Å². The lowest BCUT2D eigenvalue weighted by Gasteiger charge is -2.38. The minimum Gasteiger partial charge on any atom is -0.465 e. The first-order valence-electron chi connectivity index (χ1n) is 8.76. The molecule has 0 bridgehead atoms. The van der Waals surface area contributed by atoms with Crippen LogP contribution in [-0.4, -0.2) is 42.7 Å². The summed E-state index contributed by atoms with van der Waals surface area (Å²) in [6.07, 6.45) is 2.70. The van der Waals surface area contributed by atoms with Crippen molar-refractivity contribution in [1.29, 1.82) is 0 Å². The molecule has 2 aromatic rings. The fourth-order valence-electron chi connectivity index (χ4n) is 3.41. The largest absolute Gasteiger partial charge is 0.465 e. The van der Waals surface area contributed by atoms with Crippen molar-refractivity contribution in [3.05, 3.63) is 62.8 Å². The molecular formula is C19H20ClN3O5. The number of nitrogens with one attached hydrogen (secondary N) is 1. The van der Waals surface area contributed by atoms with Crippen molar-refractivity contribution in [2.24, 2.45) is 0 Å². The van der Waals surface area contributed by atoms with E-state index in [9.17, 15) is 14.9 Å². The minimum absolute atomic E-state index is 0.0200. The summed E-state index contributed by atoms with van der Waals surface area (Å²) in [5.41, 5.74) is 0.366. The Morgan fingerprint density at radius 2 is 2.11 bits per heavy atom. The fraction of sp³-hybridized carbons (Fsp3) is 0.368. The molecule has 9 heteroatoms. The number of carbonyl (C=O) groups excluding carboxylic acids is 1. The Morgan fingerprint density at radius 3 is 2.75 bits per heavy atom. The van der Waals surface area contributed by atoms with Gasteiger partial charge >= 0.3 is 11.7 Å². The molecule has 1 aromatic heterocycles. The number of hydrogen-bond donors (Lipinski definition) is 1. The lowest BCUT2D eigenvalue weighted by atomic mass is 9.74. The Hall–Kier alpha value is -2.71. The molecule has 0 saturated carbocycles. The van der Waals surface area contributed by atoms with Crippen molar-refractivity contribution in [1.82, 2.24) is 4.98 Å². The van der Waals surface area contributed by atoms with Crippen molar-refractivity contribution in [2.75, 3.05) is 32.2 Å². The maximum atomic E-state index is 11.6. The van der Waals surface area contributed by atoms with Crippen LogP contribution >= 0.6 is 11.6 Å². The van der Waals surface area contributed by atoms with Gasteiger partial charge in [0.25, 0.3) is 0 Å². The summed E-state index contributed by atoms with van der Waals surface area (Å²) in [6.45, 7) is 1.54. The molecule has 0 aliphatic carbocycles. The summed E-state index contributed by atoms with van der Waals surface area (Å²) in [6, 6.07) is 8.75. The van der Waals surface area contributed by atoms with Gasteiger partial charge in [-0.25, -0.2) is 9.78 Å². The highest BCUT2D eigenvalue weighted by Gasteiger charge is 2.36. The summed E-state index contributed by atoms with van der Waals surface area (Å²) in [5.74, 6) is -0.588. The molecular weight excluding hydrogens is 386 g/mol. The molecule has 2 heterocycles. The van der Waals surface area contributed by atoms with Gasteiger partial charge in [0.2, 0.25) is 5.82 Å². The van der Waals surface area contributed by atoms with Crippen LogP contribution in [0.15, 0.2) is 36.5 Å². The fourth-order valence-corrected chi connectivity index (χ4v) is 3.74. The maximum Gasteiger partial charge on any atom is 0.339 e. The molecule has 28 heavy (non-hydrogen) atoms. The van der Waals surface area contributed by atoms with Crippen molar-refractivity contribution in [2.45, 2.75) is 18.3 Å². The first kappa shape index (κ1) is 20.0. The van der Waals surface area contributed by atoms with Crippen LogP contribution < -0.4 is 5.32 Å². The molecule has 1 saturated heterocycles. The van der Waals surface area contributed by atoms with Gasteiger partial charge in [-0.1, -0.05) is 29.8 Å². The van der Waals surface area contributed by atoms with Gasteiger partial charge in [-0.3, -0.25) is 10.1 Å². The number of aromatic nitrogens is 1.